The molecule has 1 aliphatic carbocycles. The van der Waals surface area contributed by atoms with Crippen LogP contribution in [0.15, 0.2) is 40.1 Å². The molecule has 0 spiro atoms. The smallest absolute Gasteiger partial charge is 0.257 e. The van der Waals surface area contributed by atoms with Gasteiger partial charge in [-0.05, 0) is 57.9 Å². The van der Waals surface area contributed by atoms with Gasteiger partial charge >= 0.3 is 0 Å². The van der Waals surface area contributed by atoms with Crippen LogP contribution in [-0.2, 0) is 19.7 Å². The molecule has 0 unspecified atom stereocenters. The lowest BCUT2D eigenvalue weighted by molar-refractivity contribution is 0.0730. The van der Waals surface area contributed by atoms with E-state index in [1.54, 1.807) is 25.7 Å². The van der Waals surface area contributed by atoms with E-state index in [0.29, 0.717) is 12.8 Å². The Morgan fingerprint density at radius 3 is 2.11 bits per heavy atom. The molecule has 1 heterocycles. The molecule has 0 atom stereocenters. The van der Waals surface area contributed by atoms with Crippen molar-refractivity contribution in [3.05, 3.63) is 47.5 Å². The number of carbonyl (C=O) groups is 1. The first-order valence-corrected chi connectivity index (χ1v) is 15.3. The number of carbonyl (C=O) groups excluding carboxylic acids is 1. The van der Waals surface area contributed by atoms with Gasteiger partial charge in [-0.3, -0.25) is 4.79 Å². The minimum atomic E-state index is -3.89. The standard InChI is InChI=1S/C25H30F2N2O6S2/c1-25(2,3)35-22-8-7-17(36(4,31)32)13-18(22)24(30)29-11-9-28(10-12-29)21-14-20(27)23(15-19(21)26)37(33,34)16-5-6-16/h7-8,13-16H,5-6,9-12H2,1-4H3. The molecule has 1 aliphatic heterocycles. The zero-order chi connectivity index (χ0) is 27.3. The Morgan fingerprint density at radius 1 is 0.946 bits per heavy atom. The molecule has 0 bridgehead atoms. The number of hydrogen-bond donors (Lipinski definition) is 0. The quantitative estimate of drug-likeness (QED) is 0.537. The lowest BCUT2D eigenvalue weighted by Gasteiger charge is -2.36. The van der Waals surface area contributed by atoms with E-state index < -0.39 is 53.0 Å². The summed E-state index contributed by atoms with van der Waals surface area (Å²) in [6.45, 7) is 6.05. The van der Waals surface area contributed by atoms with E-state index in [1.165, 1.54) is 23.1 Å². The van der Waals surface area contributed by atoms with Gasteiger partial charge in [0.1, 0.15) is 27.9 Å². The molecular weight excluding hydrogens is 526 g/mol. The second kappa shape index (κ2) is 9.54. The van der Waals surface area contributed by atoms with E-state index in [2.05, 4.69) is 0 Å². The molecule has 2 aromatic carbocycles. The summed E-state index contributed by atoms with van der Waals surface area (Å²) >= 11 is 0. The molecule has 1 saturated carbocycles. The highest BCUT2D eigenvalue weighted by atomic mass is 32.2. The van der Waals surface area contributed by atoms with Gasteiger partial charge in [-0.25, -0.2) is 25.6 Å². The minimum absolute atomic E-state index is 0.0190. The van der Waals surface area contributed by atoms with Gasteiger partial charge in [0, 0.05) is 38.5 Å². The van der Waals surface area contributed by atoms with Crippen LogP contribution in [0.25, 0.3) is 0 Å². The third-order valence-electron chi connectivity index (χ3n) is 6.20. The molecule has 37 heavy (non-hydrogen) atoms. The molecule has 0 radical (unpaired) electrons. The lowest BCUT2D eigenvalue weighted by atomic mass is 10.1. The van der Waals surface area contributed by atoms with Crippen LogP contribution < -0.4 is 9.64 Å². The van der Waals surface area contributed by atoms with Crippen molar-refractivity contribution in [2.24, 2.45) is 0 Å². The van der Waals surface area contributed by atoms with E-state index in [1.807, 2.05) is 0 Å². The second-order valence-electron chi connectivity index (χ2n) is 10.4. The van der Waals surface area contributed by atoms with E-state index in [-0.39, 0.29) is 48.1 Å². The number of ether oxygens (including phenoxy) is 1. The van der Waals surface area contributed by atoms with E-state index in [9.17, 15) is 30.4 Å². The molecule has 202 valence electrons. The van der Waals surface area contributed by atoms with Crippen molar-refractivity contribution in [1.29, 1.82) is 0 Å². The van der Waals surface area contributed by atoms with Crippen molar-refractivity contribution < 1.29 is 35.1 Å². The molecule has 1 amide bonds. The van der Waals surface area contributed by atoms with Crippen LogP contribution in [0.1, 0.15) is 44.0 Å². The highest BCUT2D eigenvalue weighted by Gasteiger charge is 2.39. The summed E-state index contributed by atoms with van der Waals surface area (Å²) in [5, 5.41) is -0.657. The van der Waals surface area contributed by atoms with Crippen molar-refractivity contribution in [2.45, 2.75) is 54.3 Å². The van der Waals surface area contributed by atoms with Crippen LogP contribution in [-0.4, -0.2) is 70.9 Å². The van der Waals surface area contributed by atoms with Gasteiger partial charge in [-0.15, -0.1) is 0 Å². The normalized spacial score (nSPS) is 17.1. The SMILES string of the molecule is CC(C)(C)Oc1ccc(S(C)(=O)=O)cc1C(=O)N1CCN(c2cc(F)c(S(=O)(=O)C3CC3)cc2F)CC1. The van der Waals surface area contributed by atoms with Crippen LogP contribution in [0.4, 0.5) is 14.5 Å². The van der Waals surface area contributed by atoms with Crippen molar-refractivity contribution in [3.63, 3.8) is 0 Å². The van der Waals surface area contributed by atoms with Crippen LogP contribution in [0, 0.1) is 11.6 Å². The fourth-order valence-corrected chi connectivity index (χ4v) is 6.54. The Morgan fingerprint density at radius 2 is 1.57 bits per heavy atom. The number of rotatable bonds is 6. The topological polar surface area (TPSA) is 101 Å². The average molecular weight is 557 g/mol. The van der Waals surface area contributed by atoms with Crippen LogP contribution in [0.2, 0.25) is 0 Å². The molecule has 2 aromatic rings. The summed E-state index contributed by atoms with van der Waals surface area (Å²) in [5.74, 6) is -2.04. The fraction of sp³-hybridized carbons (Fsp3) is 0.480. The molecule has 0 aromatic heterocycles. The largest absolute Gasteiger partial charge is 0.487 e. The summed E-state index contributed by atoms with van der Waals surface area (Å²) in [6.07, 6.45) is 1.93. The molecular formula is C25H30F2N2O6S2. The zero-order valence-corrected chi connectivity index (χ0v) is 22.8. The van der Waals surface area contributed by atoms with Gasteiger partial charge in [0.15, 0.2) is 19.7 Å². The predicted octanol–water partition coefficient (Wildman–Crippen LogP) is 3.44. The Hall–Kier alpha value is -2.73. The number of sulfone groups is 2. The Bertz CT molecular complexity index is 1440. The number of hydrogen-bond acceptors (Lipinski definition) is 7. The predicted molar refractivity (Wildman–Crippen MR) is 135 cm³/mol. The Labute approximate surface area is 216 Å². The summed E-state index contributed by atoms with van der Waals surface area (Å²) in [7, 11) is -7.46. The fourth-order valence-electron chi connectivity index (χ4n) is 4.18. The summed E-state index contributed by atoms with van der Waals surface area (Å²) in [5.41, 5.74) is -0.616. The molecule has 2 aliphatic rings. The van der Waals surface area contributed by atoms with Gasteiger partial charge in [0.25, 0.3) is 5.91 Å². The molecule has 0 N–H and O–H groups in total. The number of benzene rings is 2. The van der Waals surface area contributed by atoms with E-state index >= 15 is 0 Å². The number of piperazine rings is 1. The number of amides is 1. The first-order valence-electron chi connectivity index (χ1n) is 11.9. The van der Waals surface area contributed by atoms with Gasteiger partial charge < -0.3 is 14.5 Å². The molecule has 8 nitrogen and oxygen atoms in total. The lowest BCUT2D eigenvalue weighted by Crippen LogP contribution is -2.49. The first kappa shape index (κ1) is 27.3. The zero-order valence-electron chi connectivity index (χ0n) is 21.1. The second-order valence-corrected chi connectivity index (χ2v) is 14.6. The van der Waals surface area contributed by atoms with Crippen molar-refractivity contribution in [1.82, 2.24) is 4.90 Å². The maximum atomic E-state index is 14.9. The van der Waals surface area contributed by atoms with Gasteiger partial charge in [-0.2, -0.15) is 0 Å². The van der Waals surface area contributed by atoms with Crippen molar-refractivity contribution >= 4 is 31.3 Å². The third kappa shape index (κ3) is 5.90. The van der Waals surface area contributed by atoms with E-state index in [0.717, 1.165) is 18.4 Å². The van der Waals surface area contributed by atoms with Crippen LogP contribution >= 0.6 is 0 Å². The Kier molecular flexibility index (Phi) is 7.04. The number of anilines is 1. The molecule has 12 heteroatoms. The summed E-state index contributed by atoms with van der Waals surface area (Å²) in [6, 6.07) is 5.77. The first-order chi connectivity index (χ1) is 17.1. The molecule has 1 saturated heterocycles. The third-order valence-corrected chi connectivity index (χ3v) is 9.59. The molecule has 4 rings (SSSR count). The highest BCUT2D eigenvalue weighted by Crippen LogP contribution is 2.36. The van der Waals surface area contributed by atoms with Crippen LogP contribution in [0.5, 0.6) is 5.75 Å². The number of halogens is 2. The summed E-state index contributed by atoms with van der Waals surface area (Å²) in [4.78, 5) is 15.8. The van der Waals surface area contributed by atoms with E-state index in [4.69, 9.17) is 4.74 Å². The average Bonchev–Trinajstić information content (AvgIpc) is 3.65. The Balaban J connectivity index is 1.54. The van der Waals surface area contributed by atoms with Gasteiger partial charge in [0.2, 0.25) is 0 Å². The minimum Gasteiger partial charge on any atom is -0.487 e. The number of nitrogens with zero attached hydrogens (tertiary/aromatic N) is 2. The van der Waals surface area contributed by atoms with Crippen molar-refractivity contribution in [3.8, 4) is 5.75 Å². The maximum absolute atomic E-state index is 14.9. The van der Waals surface area contributed by atoms with Crippen molar-refractivity contribution in [2.75, 3.05) is 37.3 Å². The highest BCUT2D eigenvalue weighted by molar-refractivity contribution is 7.92. The summed E-state index contributed by atoms with van der Waals surface area (Å²) < 4.78 is 84.5. The molecule has 2 fully saturated rings. The maximum Gasteiger partial charge on any atom is 0.257 e. The monoisotopic (exact) mass is 556 g/mol. The van der Waals surface area contributed by atoms with Crippen LogP contribution in [0.3, 0.4) is 0 Å². The van der Waals surface area contributed by atoms with Gasteiger partial charge in [0.05, 0.1) is 21.4 Å². The van der Waals surface area contributed by atoms with Gasteiger partial charge in [-0.1, -0.05) is 0 Å².